The number of aromatic nitrogens is 1. The first-order chi connectivity index (χ1) is 13.8. The Labute approximate surface area is 165 Å². The van der Waals surface area contributed by atoms with Gasteiger partial charge in [0.2, 0.25) is 0 Å². The maximum absolute atomic E-state index is 12.5. The molecule has 4 aromatic rings. The molecular formula is C25H22N2O. The highest BCUT2D eigenvalue weighted by Gasteiger charge is 2.09. The Balaban J connectivity index is 1.63. The van der Waals surface area contributed by atoms with Crippen molar-refractivity contribution in [3.63, 3.8) is 0 Å². The van der Waals surface area contributed by atoms with Crippen molar-refractivity contribution < 1.29 is 4.74 Å². The molecule has 1 aromatic heterocycles. The zero-order valence-corrected chi connectivity index (χ0v) is 15.6. The summed E-state index contributed by atoms with van der Waals surface area (Å²) in [5.41, 5.74) is 4.20. The minimum Gasteiger partial charge on any atom is -0.623 e. The van der Waals surface area contributed by atoms with Crippen molar-refractivity contribution in [2.45, 2.75) is 13.1 Å². The zero-order chi connectivity index (χ0) is 19.2. The molecule has 0 bridgehead atoms. The number of fused-ring (bicyclic) bond motifs is 1. The van der Waals surface area contributed by atoms with Crippen LogP contribution in [-0.4, -0.2) is 15.5 Å². The predicted molar refractivity (Wildman–Crippen MR) is 116 cm³/mol. The third kappa shape index (κ3) is 4.21. The van der Waals surface area contributed by atoms with E-state index in [2.05, 4.69) is 47.1 Å². The summed E-state index contributed by atoms with van der Waals surface area (Å²) in [5.74, 6) is 0. The number of hydrogen-bond acceptors (Lipinski definition) is 1. The summed E-state index contributed by atoms with van der Waals surface area (Å²) in [7, 11) is 0. The standard InChI is InChI=1S/C25H22N2O/c28-26(19-22-12-5-2-6-13-22)20-24-18-23-15-7-8-16-25(23)27(24)17-9-14-21-10-3-1-4-11-21/h1-16,18,20H,17,19H2/b14-9+,26-20-. The van der Waals surface area contributed by atoms with Crippen LogP contribution in [0.15, 0.2) is 97.1 Å². The van der Waals surface area contributed by atoms with Crippen molar-refractivity contribution in [1.82, 2.24) is 4.57 Å². The molecule has 28 heavy (non-hydrogen) atoms. The molecule has 0 saturated carbocycles. The maximum Gasteiger partial charge on any atom is 0.198 e. The van der Waals surface area contributed by atoms with Crippen LogP contribution in [0.5, 0.6) is 0 Å². The lowest BCUT2D eigenvalue weighted by atomic mass is 10.2. The second kappa shape index (κ2) is 8.40. The Morgan fingerprint density at radius 2 is 1.50 bits per heavy atom. The van der Waals surface area contributed by atoms with Crippen molar-refractivity contribution in [2.75, 3.05) is 0 Å². The van der Waals surface area contributed by atoms with E-state index in [-0.39, 0.29) is 0 Å². The molecule has 0 amide bonds. The van der Waals surface area contributed by atoms with Crippen molar-refractivity contribution in [1.29, 1.82) is 0 Å². The average molecular weight is 366 g/mol. The molecule has 3 nitrogen and oxygen atoms in total. The van der Waals surface area contributed by atoms with Gasteiger partial charge in [0.05, 0.1) is 0 Å². The van der Waals surface area contributed by atoms with Gasteiger partial charge in [0.25, 0.3) is 0 Å². The molecule has 3 heteroatoms. The van der Waals surface area contributed by atoms with Gasteiger partial charge >= 0.3 is 0 Å². The van der Waals surface area contributed by atoms with Gasteiger partial charge in [-0.05, 0) is 17.7 Å². The first-order valence-corrected chi connectivity index (χ1v) is 9.42. The minimum atomic E-state index is 0.336. The molecule has 0 saturated heterocycles. The normalized spacial score (nSPS) is 12.1. The lowest BCUT2D eigenvalue weighted by Gasteiger charge is -2.07. The third-order valence-electron chi connectivity index (χ3n) is 4.70. The van der Waals surface area contributed by atoms with E-state index in [1.54, 1.807) is 6.21 Å². The highest BCUT2D eigenvalue weighted by atomic mass is 16.5. The SMILES string of the molecule is [O-]/[N+](=C\c1cc2ccccc2n1C/C=C/c1ccccc1)Cc1ccccc1. The van der Waals surface area contributed by atoms with E-state index in [0.29, 0.717) is 13.1 Å². The molecule has 0 unspecified atom stereocenters. The van der Waals surface area contributed by atoms with Crippen LogP contribution >= 0.6 is 0 Å². The molecule has 0 aliphatic heterocycles. The third-order valence-corrected chi connectivity index (χ3v) is 4.70. The fourth-order valence-corrected chi connectivity index (χ4v) is 3.36. The molecule has 0 aliphatic carbocycles. The number of rotatable bonds is 6. The Morgan fingerprint density at radius 1 is 0.821 bits per heavy atom. The summed E-state index contributed by atoms with van der Waals surface area (Å²) in [4.78, 5) is 0. The van der Waals surface area contributed by atoms with Gasteiger partial charge in [-0.25, -0.2) is 4.74 Å². The van der Waals surface area contributed by atoms with E-state index in [1.807, 2.05) is 60.7 Å². The van der Waals surface area contributed by atoms with E-state index in [1.165, 1.54) is 5.56 Å². The molecule has 0 N–H and O–H groups in total. The lowest BCUT2D eigenvalue weighted by Crippen LogP contribution is -2.09. The monoisotopic (exact) mass is 366 g/mol. The average Bonchev–Trinajstić information content (AvgIpc) is 3.06. The Bertz CT molecular complexity index is 1110. The highest BCUT2D eigenvalue weighted by Crippen LogP contribution is 2.19. The molecule has 0 aliphatic rings. The first kappa shape index (κ1) is 17.8. The van der Waals surface area contributed by atoms with Crippen molar-refractivity contribution in [2.24, 2.45) is 0 Å². The minimum absolute atomic E-state index is 0.336. The van der Waals surface area contributed by atoms with Gasteiger partial charge in [0, 0.05) is 23.0 Å². The number of benzene rings is 3. The highest BCUT2D eigenvalue weighted by molar-refractivity contribution is 5.89. The summed E-state index contributed by atoms with van der Waals surface area (Å²) < 4.78 is 3.17. The second-order valence-corrected chi connectivity index (χ2v) is 6.74. The van der Waals surface area contributed by atoms with E-state index < -0.39 is 0 Å². The van der Waals surface area contributed by atoms with E-state index in [4.69, 9.17) is 0 Å². The van der Waals surface area contributed by atoms with E-state index in [9.17, 15) is 5.21 Å². The summed E-state index contributed by atoms with van der Waals surface area (Å²) in [6, 6.07) is 30.3. The van der Waals surface area contributed by atoms with Gasteiger partial charge < -0.3 is 9.77 Å². The van der Waals surface area contributed by atoms with Crippen molar-refractivity contribution in [3.8, 4) is 0 Å². The number of nitrogens with zero attached hydrogens (tertiary/aromatic N) is 2. The van der Waals surface area contributed by atoms with Crippen molar-refractivity contribution >= 4 is 23.2 Å². The van der Waals surface area contributed by atoms with Crippen LogP contribution in [0.25, 0.3) is 17.0 Å². The van der Waals surface area contributed by atoms with Crippen LogP contribution in [0.3, 0.4) is 0 Å². The van der Waals surface area contributed by atoms with E-state index >= 15 is 0 Å². The molecule has 4 rings (SSSR count). The Morgan fingerprint density at radius 3 is 2.29 bits per heavy atom. The fourth-order valence-electron chi connectivity index (χ4n) is 3.36. The quantitative estimate of drug-likeness (QED) is 0.192. The van der Waals surface area contributed by atoms with Gasteiger partial charge in [-0.1, -0.05) is 91.0 Å². The number of hydrogen-bond donors (Lipinski definition) is 0. The van der Waals surface area contributed by atoms with Crippen LogP contribution in [0.1, 0.15) is 16.8 Å². The second-order valence-electron chi connectivity index (χ2n) is 6.74. The molecule has 0 radical (unpaired) electrons. The number of para-hydroxylation sites is 1. The number of allylic oxidation sites excluding steroid dienone is 1. The van der Waals surface area contributed by atoms with Crippen LogP contribution in [0.2, 0.25) is 0 Å². The Kier molecular flexibility index (Phi) is 5.34. The largest absolute Gasteiger partial charge is 0.623 e. The predicted octanol–water partition coefficient (Wildman–Crippen LogP) is 5.48. The molecule has 0 atom stereocenters. The van der Waals surface area contributed by atoms with Crippen LogP contribution in [0, 0.1) is 5.21 Å². The van der Waals surface area contributed by atoms with Gasteiger partial charge in [0.15, 0.2) is 12.8 Å². The molecule has 138 valence electrons. The smallest absolute Gasteiger partial charge is 0.198 e. The summed E-state index contributed by atoms with van der Waals surface area (Å²) in [5, 5.41) is 13.7. The van der Waals surface area contributed by atoms with Crippen molar-refractivity contribution in [3.05, 3.63) is 119 Å². The van der Waals surface area contributed by atoms with Gasteiger partial charge in [-0.3, -0.25) is 0 Å². The molecule has 3 aromatic carbocycles. The maximum atomic E-state index is 12.5. The first-order valence-electron chi connectivity index (χ1n) is 9.42. The van der Waals surface area contributed by atoms with Crippen LogP contribution < -0.4 is 0 Å². The van der Waals surface area contributed by atoms with Gasteiger partial charge in [-0.15, -0.1) is 0 Å². The summed E-state index contributed by atoms with van der Waals surface area (Å²) in [6.45, 7) is 1.04. The molecule has 1 heterocycles. The van der Waals surface area contributed by atoms with Crippen LogP contribution in [0.4, 0.5) is 0 Å². The molecule has 0 spiro atoms. The summed E-state index contributed by atoms with van der Waals surface area (Å²) in [6.07, 6.45) is 5.92. The van der Waals surface area contributed by atoms with E-state index in [0.717, 1.165) is 26.9 Å². The fraction of sp³-hybridized carbons (Fsp3) is 0.0800. The lowest BCUT2D eigenvalue weighted by molar-refractivity contribution is -0.469. The Hall–Kier alpha value is -3.59. The van der Waals surface area contributed by atoms with Crippen LogP contribution in [-0.2, 0) is 13.1 Å². The number of hydroxylamine groups is 1. The molecular weight excluding hydrogens is 344 g/mol. The van der Waals surface area contributed by atoms with Gasteiger partial charge in [0.1, 0.15) is 5.69 Å². The summed E-state index contributed by atoms with van der Waals surface area (Å²) >= 11 is 0. The molecule has 0 fully saturated rings. The van der Waals surface area contributed by atoms with Gasteiger partial charge in [-0.2, -0.15) is 0 Å². The zero-order valence-electron chi connectivity index (χ0n) is 15.6. The topological polar surface area (TPSA) is 31.0 Å².